The molecule has 1 aliphatic rings. The van der Waals surface area contributed by atoms with E-state index in [-0.39, 0.29) is 24.2 Å². The van der Waals surface area contributed by atoms with Crippen molar-refractivity contribution in [2.75, 3.05) is 13.7 Å². The van der Waals surface area contributed by atoms with Gasteiger partial charge in [-0.3, -0.25) is 10.1 Å². The van der Waals surface area contributed by atoms with E-state index in [1.807, 2.05) is 6.92 Å². The van der Waals surface area contributed by atoms with Gasteiger partial charge in [-0.1, -0.05) is 6.08 Å². The van der Waals surface area contributed by atoms with Crippen LogP contribution in [0.15, 0.2) is 12.7 Å². The molecule has 1 heterocycles. The largest absolute Gasteiger partial charge is 0.468 e. The van der Waals surface area contributed by atoms with Crippen molar-refractivity contribution in [3.63, 3.8) is 0 Å². The van der Waals surface area contributed by atoms with Gasteiger partial charge in [0.05, 0.1) is 19.3 Å². The van der Waals surface area contributed by atoms with E-state index in [9.17, 15) is 4.79 Å². The topological polar surface area (TPSA) is 47.6 Å². The van der Waals surface area contributed by atoms with Crippen LogP contribution in [0.4, 0.5) is 0 Å². The molecule has 0 saturated carbocycles. The smallest absolute Gasteiger partial charge is 0.325 e. The third-order valence-electron chi connectivity index (χ3n) is 2.57. The van der Waals surface area contributed by atoms with E-state index in [4.69, 9.17) is 9.47 Å². The average molecular weight is 213 g/mol. The molecule has 4 nitrogen and oxygen atoms in total. The quantitative estimate of drug-likeness (QED) is 0.544. The Kier molecular flexibility index (Phi) is 4.78. The number of hydrogen-bond donors (Lipinski definition) is 1. The summed E-state index contributed by atoms with van der Waals surface area (Å²) in [4.78, 5) is 11.5. The molecule has 0 spiro atoms. The summed E-state index contributed by atoms with van der Waals surface area (Å²) in [5, 5.41) is 3.06. The second kappa shape index (κ2) is 5.88. The van der Waals surface area contributed by atoms with E-state index in [1.165, 1.54) is 7.11 Å². The van der Waals surface area contributed by atoms with Crippen molar-refractivity contribution in [3.05, 3.63) is 12.7 Å². The number of rotatable bonds is 5. The van der Waals surface area contributed by atoms with Crippen molar-refractivity contribution in [3.8, 4) is 0 Å². The van der Waals surface area contributed by atoms with Crippen LogP contribution < -0.4 is 5.32 Å². The highest BCUT2D eigenvalue weighted by Gasteiger charge is 2.34. The van der Waals surface area contributed by atoms with Gasteiger partial charge < -0.3 is 9.47 Å². The first-order valence-corrected chi connectivity index (χ1v) is 5.26. The molecule has 3 unspecified atom stereocenters. The van der Waals surface area contributed by atoms with Crippen molar-refractivity contribution in [1.29, 1.82) is 0 Å². The van der Waals surface area contributed by atoms with Gasteiger partial charge in [0.25, 0.3) is 0 Å². The molecule has 1 N–H and O–H groups in total. The molecule has 4 heteroatoms. The standard InChI is InChI=1S/C11H19NO3/c1-4-7-12-10(11(13)14-3)9-6-5-8(2)15-9/h4,8-10,12H,1,5-7H2,2-3H3. The normalized spacial score (nSPS) is 27.3. The van der Waals surface area contributed by atoms with Crippen molar-refractivity contribution in [2.24, 2.45) is 0 Å². The van der Waals surface area contributed by atoms with Crippen LogP contribution >= 0.6 is 0 Å². The van der Waals surface area contributed by atoms with Crippen molar-refractivity contribution in [2.45, 2.75) is 38.0 Å². The Morgan fingerprint density at radius 3 is 2.93 bits per heavy atom. The summed E-state index contributed by atoms with van der Waals surface area (Å²) in [6, 6.07) is -0.377. The highest BCUT2D eigenvalue weighted by molar-refractivity contribution is 5.76. The fraction of sp³-hybridized carbons (Fsp3) is 0.727. The fourth-order valence-electron chi connectivity index (χ4n) is 1.78. The monoisotopic (exact) mass is 213 g/mol. The molecule has 86 valence electrons. The van der Waals surface area contributed by atoms with Crippen molar-refractivity contribution in [1.82, 2.24) is 5.32 Å². The Balaban J connectivity index is 2.54. The fourth-order valence-corrected chi connectivity index (χ4v) is 1.78. The minimum Gasteiger partial charge on any atom is -0.468 e. The number of hydrogen-bond acceptors (Lipinski definition) is 4. The lowest BCUT2D eigenvalue weighted by Gasteiger charge is -2.21. The third-order valence-corrected chi connectivity index (χ3v) is 2.57. The van der Waals surface area contributed by atoms with Crippen LogP contribution in [-0.4, -0.2) is 37.9 Å². The molecule has 0 aliphatic carbocycles. The molecule has 15 heavy (non-hydrogen) atoms. The van der Waals surface area contributed by atoms with Crippen LogP contribution in [-0.2, 0) is 14.3 Å². The van der Waals surface area contributed by atoms with Gasteiger partial charge in [-0.15, -0.1) is 6.58 Å². The highest BCUT2D eigenvalue weighted by atomic mass is 16.5. The number of methoxy groups -OCH3 is 1. The second-order valence-corrected chi connectivity index (χ2v) is 3.76. The molecule has 0 bridgehead atoms. The molecule has 0 amide bonds. The molecule has 0 radical (unpaired) electrons. The predicted octanol–water partition coefficient (Wildman–Crippen LogP) is 0.871. The SMILES string of the molecule is C=CCNC(C(=O)OC)C1CCC(C)O1. The minimum absolute atomic E-state index is 0.0765. The Morgan fingerprint density at radius 1 is 1.73 bits per heavy atom. The molecule has 3 atom stereocenters. The predicted molar refractivity (Wildman–Crippen MR) is 57.6 cm³/mol. The van der Waals surface area contributed by atoms with Crippen LogP contribution in [0.3, 0.4) is 0 Å². The third kappa shape index (κ3) is 3.32. The Hall–Kier alpha value is -0.870. The Bertz CT molecular complexity index is 230. The van der Waals surface area contributed by atoms with Gasteiger partial charge >= 0.3 is 5.97 Å². The summed E-state index contributed by atoms with van der Waals surface area (Å²) in [5.41, 5.74) is 0. The zero-order valence-electron chi connectivity index (χ0n) is 9.36. The first-order valence-electron chi connectivity index (χ1n) is 5.26. The highest BCUT2D eigenvalue weighted by Crippen LogP contribution is 2.22. The first kappa shape index (κ1) is 12.2. The molecule has 0 aromatic heterocycles. The van der Waals surface area contributed by atoms with Gasteiger partial charge in [0.2, 0.25) is 0 Å². The lowest BCUT2D eigenvalue weighted by atomic mass is 10.1. The average Bonchev–Trinajstić information content (AvgIpc) is 2.65. The first-order chi connectivity index (χ1) is 7.19. The van der Waals surface area contributed by atoms with Crippen LogP contribution in [0.25, 0.3) is 0 Å². The molecular formula is C11H19NO3. The number of carbonyl (C=O) groups excluding carboxylic acids is 1. The zero-order chi connectivity index (χ0) is 11.3. The second-order valence-electron chi connectivity index (χ2n) is 3.76. The van der Waals surface area contributed by atoms with Crippen LogP contribution in [0.5, 0.6) is 0 Å². The van der Waals surface area contributed by atoms with Crippen LogP contribution in [0.1, 0.15) is 19.8 Å². The van der Waals surface area contributed by atoms with Gasteiger partial charge in [0, 0.05) is 6.54 Å². The van der Waals surface area contributed by atoms with Gasteiger partial charge in [-0.2, -0.15) is 0 Å². The molecule has 1 aliphatic heterocycles. The van der Waals surface area contributed by atoms with E-state index in [1.54, 1.807) is 6.08 Å². The number of nitrogens with one attached hydrogen (secondary N) is 1. The lowest BCUT2D eigenvalue weighted by Crippen LogP contribution is -2.46. The van der Waals surface area contributed by atoms with E-state index >= 15 is 0 Å². The zero-order valence-corrected chi connectivity index (χ0v) is 9.36. The van der Waals surface area contributed by atoms with Crippen molar-refractivity contribution < 1.29 is 14.3 Å². The van der Waals surface area contributed by atoms with E-state index in [0.29, 0.717) is 6.54 Å². The molecule has 0 aromatic rings. The molecule has 1 fully saturated rings. The summed E-state index contributed by atoms with van der Waals surface area (Å²) in [5.74, 6) is -0.268. The van der Waals surface area contributed by atoms with Crippen LogP contribution in [0.2, 0.25) is 0 Å². The van der Waals surface area contributed by atoms with E-state index < -0.39 is 0 Å². The van der Waals surface area contributed by atoms with E-state index in [2.05, 4.69) is 11.9 Å². The Morgan fingerprint density at radius 2 is 2.47 bits per heavy atom. The summed E-state index contributed by atoms with van der Waals surface area (Å²) in [6.07, 6.45) is 3.76. The maximum atomic E-state index is 11.5. The van der Waals surface area contributed by atoms with E-state index in [0.717, 1.165) is 12.8 Å². The maximum Gasteiger partial charge on any atom is 0.325 e. The summed E-state index contributed by atoms with van der Waals surface area (Å²) < 4.78 is 10.4. The minimum atomic E-state index is -0.377. The Labute approximate surface area is 90.6 Å². The number of carbonyl (C=O) groups is 1. The van der Waals surface area contributed by atoms with Gasteiger partial charge in [0.1, 0.15) is 6.04 Å². The molecule has 1 saturated heterocycles. The summed E-state index contributed by atoms with van der Waals surface area (Å²) >= 11 is 0. The number of ether oxygens (including phenoxy) is 2. The molecule has 1 rings (SSSR count). The van der Waals surface area contributed by atoms with Gasteiger partial charge in [-0.25, -0.2) is 0 Å². The number of esters is 1. The molecular weight excluding hydrogens is 194 g/mol. The van der Waals surface area contributed by atoms with Gasteiger partial charge in [0.15, 0.2) is 0 Å². The summed E-state index contributed by atoms with van der Waals surface area (Å²) in [7, 11) is 1.39. The molecule has 0 aromatic carbocycles. The maximum absolute atomic E-state index is 11.5. The van der Waals surface area contributed by atoms with Crippen molar-refractivity contribution >= 4 is 5.97 Å². The lowest BCUT2D eigenvalue weighted by molar-refractivity contribution is -0.147. The summed E-state index contributed by atoms with van der Waals surface area (Å²) in [6.45, 7) is 6.20. The van der Waals surface area contributed by atoms with Gasteiger partial charge in [-0.05, 0) is 19.8 Å². The van der Waals surface area contributed by atoms with Crippen LogP contribution in [0, 0.1) is 0 Å².